The molecule has 2 aromatic carbocycles. The Morgan fingerprint density at radius 1 is 1.24 bits per heavy atom. The summed E-state index contributed by atoms with van der Waals surface area (Å²) in [7, 11) is 0. The van der Waals surface area contributed by atoms with E-state index in [4.69, 9.17) is 16.3 Å². The van der Waals surface area contributed by atoms with E-state index >= 15 is 0 Å². The van der Waals surface area contributed by atoms with Gasteiger partial charge < -0.3 is 15.0 Å². The summed E-state index contributed by atoms with van der Waals surface area (Å²) in [5, 5.41) is 3.26. The lowest BCUT2D eigenvalue weighted by Crippen LogP contribution is -2.31. The van der Waals surface area contributed by atoms with Crippen LogP contribution in [-0.2, 0) is 25.7 Å². The summed E-state index contributed by atoms with van der Waals surface area (Å²) in [6.07, 6.45) is 2.06. The molecule has 1 N–H and O–H groups in total. The van der Waals surface area contributed by atoms with E-state index in [2.05, 4.69) is 5.32 Å². The van der Waals surface area contributed by atoms with Crippen molar-refractivity contribution in [2.45, 2.75) is 17.9 Å². The Morgan fingerprint density at radius 2 is 2.00 bits per heavy atom. The Balaban J connectivity index is 1.46. The van der Waals surface area contributed by atoms with Gasteiger partial charge in [-0.2, -0.15) is 0 Å². The van der Waals surface area contributed by atoms with E-state index < -0.39 is 17.8 Å². The maximum atomic E-state index is 12.3. The molecule has 1 unspecified atom stereocenters. The number of thioether (sulfide) groups is 1. The molecule has 2 aromatic rings. The second kappa shape index (κ2) is 9.80. The molecule has 6 nitrogen and oxygen atoms in total. The highest BCUT2D eigenvalue weighted by Gasteiger charge is 2.36. The number of anilines is 1. The van der Waals surface area contributed by atoms with Crippen LogP contribution < -0.4 is 10.2 Å². The largest absolute Gasteiger partial charge is 0.455 e. The molecule has 8 heteroatoms. The third kappa shape index (κ3) is 5.74. The van der Waals surface area contributed by atoms with Crippen LogP contribution in [0, 0.1) is 5.92 Å². The molecule has 0 spiro atoms. The van der Waals surface area contributed by atoms with Crippen molar-refractivity contribution in [2.75, 3.05) is 24.3 Å². The Morgan fingerprint density at radius 3 is 2.69 bits per heavy atom. The fourth-order valence-electron chi connectivity index (χ4n) is 3.03. The van der Waals surface area contributed by atoms with E-state index in [0.717, 1.165) is 16.1 Å². The maximum absolute atomic E-state index is 12.3. The minimum absolute atomic E-state index is 0.0766. The number of hydrogen-bond donors (Lipinski definition) is 1. The number of nitrogens with one attached hydrogen (secondary N) is 1. The van der Waals surface area contributed by atoms with Gasteiger partial charge in [-0.15, -0.1) is 11.8 Å². The molecule has 0 saturated carbocycles. The molecular weight excluding hydrogens is 412 g/mol. The lowest BCUT2D eigenvalue weighted by molar-refractivity contribution is -0.152. The van der Waals surface area contributed by atoms with Crippen LogP contribution in [0.2, 0.25) is 5.02 Å². The first-order valence-electron chi connectivity index (χ1n) is 9.08. The predicted molar refractivity (Wildman–Crippen MR) is 113 cm³/mol. The summed E-state index contributed by atoms with van der Waals surface area (Å²) < 4.78 is 5.11. The van der Waals surface area contributed by atoms with Gasteiger partial charge in [0.05, 0.1) is 5.92 Å². The normalized spacial score (nSPS) is 16.0. The minimum Gasteiger partial charge on any atom is -0.455 e. The highest BCUT2D eigenvalue weighted by atomic mass is 35.5. The topological polar surface area (TPSA) is 75.7 Å². The highest BCUT2D eigenvalue weighted by Crippen LogP contribution is 2.27. The summed E-state index contributed by atoms with van der Waals surface area (Å²) in [6.45, 7) is 0.158. The van der Waals surface area contributed by atoms with Crippen LogP contribution in [0.25, 0.3) is 0 Å². The van der Waals surface area contributed by atoms with Crippen molar-refractivity contribution in [1.29, 1.82) is 0 Å². The van der Waals surface area contributed by atoms with Crippen molar-refractivity contribution in [1.82, 2.24) is 5.32 Å². The number of carbonyl (C=O) groups excluding carboxylic acids is 3. The van der Waals surface area contributed by atoms with Crippen molar-refractivity contribution in [3.63, 3.8) is 0 Å². The number of hydrogen-bond acceptors (Lipinski definition) is 5. The molecule has 2 amide bonds. The molecule has 1 atom stereocenters. The van der Waals surface area contributed by atoms with Gasteiger partial charge in [-0.25, -0.2) is 0 Å². The number of esters is 1. The molecule has 1 fully saturated rings. The van der Waals surface area contributed by atoms with E-state index in [9.17, 15) is 14.4 Å². The lowest BCUT2D eigenvalue weighted by atomic mass is 10.1. The zero-order valence-electron chi connectivity index (χ0n) is 15.9. The number of carbonyl (C=O) groups is 3. The minimum atomic E-state index is -0.580. The summed E-state index contributed by atoms with van der Waals surface area (Å²) in [5.41, 5.74) is 1.60. The van der Waals surface area contributed by atoms with Crippen LogP contribution >= 0.6 is 23.4 Å². The van der Waals surface area contributed by atoms with Crippen molar-refractivity contribution in [3.8, 4) is 0 Å². The van der Waals surface area contributed by atoms with Crippen LogP contribution in [0.1, 0.15) is 12.0 Å². The molecule has 0 aromatic heterocycles. The molecular formula is C21H21ClN2O4S. The Hall–Kier alpha value is -2.51. The van der Waals surface area contributed by atoms with Gasteiger partial charge in [0, 0.05) is 35.1 Å². The number of rotatable bonds is 7. The van der Waals surface area contributed by atoms with E-state index in [0.29, 0.717) is 11.6 Å². The molecule has 1 heterocycles. The van der Waals surface area contributed by atoms with Gasteiger partial charge in [-0.1, -0.05) is 23.7 Å². The Kier molecular flexibility index (Phi) is 7.17. The Bertz CT molecular complexity index is 904. The van der Waals surface area contributed by atoms with Crippen LogP contribution in [0.15, 0.2) is 53.4 Å². The summed E-state index contributed by atoms with van der Waals surface area (Å²) in [5.74, 6) is -1.66. The van der Waals surface area contributed by atoms with E-state index in [1.165, 1.54) is 0 Å². The number of benzene rings is 2. The van der Waals surface area contributed by atoms with Crippen molar-refractivity contribution in [3.05, 3.63) is 59.1 Å². The van der Waals surface area contributed by atoms with Crippen LogP contribution in [-0.4, -0.2) is 37.2 Å². The van der Waals surface area contributed by atoms with Crippen molar-refractivity contribution in [2.24, 2.45) is 5.92 Å². The maximum Gasteiger partial charge on any atom is 0.311 e. The average Bonchev–Trinajstić information content (AvgIpc) is 3.12. The molecule has 1 aliphatic rings. The molecule has 152 valence electrons. The van der Waals surface area contributed by atoms with Gasteiger partial charge in [0.2, 0.25) is 5.91 Å². The van der Waals surface area contributed by atoms with E-state index in [1.54, 1.807) is 34.9 Å². The second-order valence-electron chi connectivity index (χ2n) is 6.62. The second-order valence-corrected chi connectivity index (χ2v) is 7.93. The van der Waals surface area contributed by atoms with Crippen molar-refractivity contribution < 1.29 is 19.1 Å². The number of nitrogens with zero attached hydrogens (tertiary/aromatic N) is 1. The fourth-order valence-corrected chi connectivity index (χ4v) is 3.65. The summed E-state index contributed by atoms with van der Waals surface area (Å²) >= 11 is 7.52. The van der Waals surface area contributed by atoms with Gasteiger partial charge in [0.25, 0.3) is 5.91 Å². The zero-order chi connectivity index (χ0) is 20.8. The first-order chi connectivity index (χ1) is 14.0. The number of halogens is 1. The van der Waals surface area contributed by atoms with E-state index in [1.807, 2.05) is 36.6 Å². The van der Waals surface area contributed by atoms with Crippen LogP contribution in [0.5, 0.6) is 0 Å². The molecule has 0 radical (unpaired) electrons. The summed E-state index contributed by atoms with van der Waals surface area (Å²) in [4.78, 5) is 39.2. The molecule has 1 saturated heterocycles. The quantitative estimate of drug-likeness (QED) is 0.536. The SMILES string of the molecule is CSc1ccc(N2CC(C(=O)OCC(=O)NCc3cccc(Cl)c3)CC2=O)cc1. The van der Waals surface area contributed by atoms with Gasteiger partial charge >= 0.3 is 5.97 Å². The lowest BCUT2D eigenvalue weighted by Gasteiger charge is -2.16. The first-order valence-corrected chi connectivity index (χ1v) is 10.7. The number of ether oxygens (including phenoxy) is 1. The van der Waals surface area contributed by atoms with Gasteiger partial charge in [0.1, 0.15) is 0 Å². The zero-order valence-corrected chi connectivity index (χ0v) is 17.5. The first kappa shape index (κ1) is 21.2. The third-order valence-electron chi connectivity index (χ3n) is 4.57. The molecule has 0 bridgehead atoms. The van der Waals surface area contributed by atoms with Gasteiger partial charge in [-0.3, -0.25) is 14.4 Å². The smallest absolute Gasteiger partial charge is 0.311 e. The molecule has 0 aliphatic carbocycles. The Labute approximate surface area is 178 Å². The standard InChI is InChI=1S/C21H21ClN2O4S/c1-29-18-7-5-17(6-8-18)24-12-15(10-20(24)26)21(27)28-13-19(25)23-11-14-3-2-4-16(22)9-14/h2-9,15H,10-13H2,1H3,(H,23,25). The fraction of sp³-hybridized carbons (Fsp3) is 0.286. The molecule has 29 heavy (non-hydrogen) atoms. The number of amides is 2. The highest BCUT2D eigenvalue weighted by molar-refractivity contribution is 7.98. The van der Waals surface area contributed by atoms with Crippen molar-refractivity contribution >= 4 is 46.8 Å². The van der Waals surface area contributed by atoms with Crippen LogP contribution in [0.3, 0.4) is 0 Å². The van der Waals surface area contributed by atoms with Crippen LogP contribution in [0.4, 0.5) is 5.69 Å². The third-order valence-corrected chi connectivity index (χ3v) is 5.55. The molecule has 3 rings (SSSR count). The monoisotopic (exact) mass is 432 g/mol. The summed E-state index contributed by atoms with van der Waals surface area (Å²) in [6, 6.07) is 14.7. The molecule has 1 aliphatic heterocycles. The van der Waals surface area contributed by atoms with E-state index in [-0.39, 0.29) is 25.5 Å². The van der Waals surface area contributed by atoms with Gasteiger partial charge in [0.15, 0.2) is 6.61 Å². The predicted octanol–water partition coefficient (Wildman–Crippen LogP) is 3.27. The average molecular weight is 433 g/mol. The van der Waals surface area contributed by atoms with Gasteiger partial charge in [-0.05, 0) is 48.2 Å².